The maximum atomic E-state index is 12.6. The highest BCUT2D eigenvalue weighted by Crippen LogP contribution is 2.25. The number of carbonyl (C=O) groups excluding carboxylic acids is 2. The fourth-order valence-electron chi connectivity index (χ4n) is 3.51. The molecule has 1 aromatic heterocycles. The topological polar surface area (TPSA) is 65.2 Å². The summed E-state index contributed by atoms with van der Waals surface area (Å²) in [6.45, 7) is 1.22. The zero-order valence-electron chi connectivity index (χ0n) is 15.0. The zero-order valence-corrected chi connectivity index (χ0v) is 16.6. The highest BCUT2D eigenvalue weighted by Gasteiger charge is 2.34. The molecule has 2 heterocycles. The van der Waals surface area contributed by atoms with E-state index in [1.165, 1.54) is 0 Å². The first-order valence-electron chi connectivity index (χ1n) is 9.05. The van der Waals surface area contributed by atoms with Crippen molar-refractivity contribution < 1.29 is 9.59 Å². The number of amides is 2. The number of carbonyl (C=O) groups is 2. The average molecular weight is 416 g/mol. The van der Waals surface area contributed by atoms with Gasteiger partial charge in [-0.3, -0.25) is 9.59 Å². The molecule has 1 saturated heterocycles. The molecule has 28 heavy (non-hydrogen) atoms. The fourth-order valence-corrected chi connectivity index (χ4v) is 3.92. The van der Waals surface area contributed by atoms with E-state index >= 15 is 0 Å². The van der Waals surface area contributed by atoms with Crippen LogP contribution < -0.4 is 5.32 Å². The van der Waals surface area contributed by atoms with Gasteiger partial charge in [0.15, 0.2) is 0 Å². The average Bonchev–Trinajstić information content (AvgIpc) is 3.24. The molecule has 1 fully saturated rings. The van der Waals surface area contributed by atoms with Crippen LogP contribution in [-0.4, -0.2) is 28.2 Å². The van der Waals surface area contributed by atoms with Crippen molar-refractivity contribution in [1.82, 2.24) is 15.2 Å². The maximum Gasteiger partial charge on any atom is 0.225 e. The molecule has 144 valence electrons. The standard InChI is InChI=1S/C21H19Cl2N3O2/c22-17-4-2-1-3-14(17)11-26-12-15(8-20(26)27)21(28)25-9-13-5-6-19-16(7-13)18(23)10-24-19/h1-7,10,15,24H,8-9,11-12H2,(H,25,28)/t15-/m0/s1. The number of fused-ring (bicyclic) bond motifs is 1. The van der Waals surface area contributed by atoms with Crippen LogP contribution >= 0.6 is 23.2 Å². The molecule has 0 aliphatic carbocycles. The van der Waals surface area contributed by atoms with Crippen molar-refractivity contribution in [3.63, 3.8) is 0 Å². The first-order valence-corrected chi connectivity index (χ1v) is 9.81. The molecule has 7 heteroatoms. The van der Waals surface area contributed by atoms with Crippen LogP contribution in [0.3, 0.4) is 0 Å². The first-order chi connectivity index (χ1) is 13.5. The minimum Gasteiger partial charge on any atom is -0.360 e. The SMILES string of the molecule is O=C(NCc1ccc2[nH]cc(Cl)c2c1)[C@H]1CC(=O)N(Cc2ccccc2Cl)C1. The van der Waals surface area contributed by atoms with E-state index in [2.05, 4.69) is 10.3 Å². The van der Waals surface area contributed by atoms with Gasteiger partial charge in [-0.05, 0) is 29.3 Å². The molecule has 2 N–H and O–H groups in total. The molecular weight excluding hydrogens is 397 g/mol. The predicted molar refractivity (Wildman–Crippen MR) is 110 cm³/mol. The van der Waals surface area contributed by atoms with E-state index in [0.29, 0.717) is 29.7 Å². The molecule has 3 aromatic rings. The zero-order chi connectivity index (χ0) is 19.7. The number of rotatable bonds is 5. The highest BCUT2D eigenvalue weighted by molar-refractivity contribution is 6.35. The van der Waals surface area contributed by atoms with Crippen LogP contribution in [-0.2, 0) is 22.7 Å². The van der Waals surface area contributed by atoms with Crippen molar-refractivity contribution in [1.29, 1.82) is 0 Å². The molecule has 2 amide bonds. The van der Waals surface area contributed by atoms with Crippen LogP contribution in [0, 0.1) is 5.92 Å². The van der Waals surface area contributed by atoms with Crippen molar-refractivity contribution in [3.8, 4) is 0 Å². The summed E-state index contributed by atoms with van der Waals surface area (Å²) in [5, 5.41) is 5.14. The third-order valence-corrected chi connectivity index (χ3v) is 5.75. The summed E-state index contributed by atoms with van der Waals surface area (Å²) < 4.78 is 0. The first kappa shape index (κ1) is 18.8. The Morgan fingerprint density at radius 2 is 2.00 bits per heavy atom. The van der Waals surface area contributed by atoms with Crippen LogP contribution in [0.5, 0.6) is 0 Å². The quantitative estimate of drug-likeness (QED) is 0.657. The number of hydrogen-bond acceptors (Lipinski definition) is 2. The number of likely N-dealkylation sites (tertiary alicyclic amines) is 1. The Kier molecular flexibility index (Phi) is 5.29. The smallest absolute Gasteiger partial charge is 0.225 e. The lowest BCUT2D eigenvalue weighted by molar-refractivity contribution is -0.129. The van der Waals surface area contributed by atoms with Gasteiger partial charge >= 0.3 is 0 Å². The van der Waals surface area contributed by atoms with Crippen molar-refractivity contribution in [2.75, 3.05) is 6.54 Å². The van der Waals surface area contributed by atoms with Gasteiger partial charge in [0.05, 0.1) is 10.9 Å². The van der Waals surface area contributed by atoms with E-state index in [9.17, 15) is 9.59 Å². The summed E-state index contributed by atoms with van der Waals surface area (Å²) in [6.07, 6.45) is 1.96. The van der Waals surface area contributed by atoms with Gasteiger partial charge in [0.25, 0.3) is 0 Å². The number of halogens is 2. The van der Waals surface area contributed by atoms with Gasteiger partial charge in [0.2, 0.25) is 11.8 Å². The Hall–Kier alpha value is -2.50. The van der Waals surface area contributed by atoms with Gasteiger partial charge in [-0.25, -0.2) is 0 Å². The van der Waals surface area contributed by atoms with Crippen molar-refractivity contribution in [2.45, 2.75) is 19.5 Å². The van der Waals surface area contributed by atoms with Crippen molar-refractivity contribution in [2.24, 2.45) is 5.92 Å². The minimum atomic E-state index is -0.352. The Morgan fingerprint density at radius 3 is 2.82 bits per heavy atom. The molecule has 1 aliphatic rings. The van der Waals surface area contributed by atoms with Crippen LogP contribution in [0.2, 0.25) is 10.0 Å². The molecule has 4 rings (SSSR count). The number of benzene rings is 2. The van der Waals surface area contributed by atoms with E-state index in [1.54, 1.807) is 17.2 Å². The lowest BCUT2D eigenvalue weighted by Gasteiger charge is -2.17. The van der Waals surface area contributed by atoms with Crippen molar-refractivity contribution in [3.05, 3.63) is 69.8 Å². The fraction of sp³-hybridized carbons (Fsp3) is 0.238. The van der Waals surface area contributed by atoms with Crippen LogP contribution in [0.25, 0.3) is 10.9 Å². The van der Waals surface area contributed by atoms with Crippen LogP contribution in [0.4, 0.5) is 0 Å². The van der Waals surface area contributed by atoms with Gasteiger partial charge in [-0.15, -0.1) is 0 Å². The van der Waals surface area contributed by atoms with Crippen molar-refractivity contribution >= 4 is 45.9 Å². The summed E-state index contributed by atoms with van der Waals surface area (Å²) in [5.41, 5.74) is 2.80. The second-order valence-corrected chi connectivity index (χ2v) is 7.82. The summed E-state index contributed by atoms with van der Waals surface area (Å²) in [6, 6.07) is 13.3. The third-order valence-electron chi connectivity index (χ3n) is 5.07. The molecule has 0 unspecified atom stereocenters. The summed E-state index contributed by atoms with van der Waals surface area (Å²) in [5.74, 6) is -0.495. The van der Waals surface area contributed by atoms with E-state index in [1.807, 2.05) is 36.4 Å². The summed E-state index contributed by atoms with van der Waals surface area (Å²) in [7, 11) is 0. The van der Waals surface area contributed by atoms with E-state index in [0.717, 1.165) is 22.0 Å². The Morgan fingerprint density at radius 1 is 1.18 bits per heavy atom. The monoisotopic (exact) mass is 415 g/mol. The molecule has 1 atom stereocenters. The molecule has 0 spiro atoms. The van der Waals surface area contributed by atoms with Gasteiger partial charge in [-0.2, -0.15) is 0 Å². The molecule has 0 radical (unpaired) electrons. The lowest BCUT2D eigenvalue weighted by Crippen LogP contribution is -2.32. The molecule has 1 aliphatic heterocycles. The van der Waals surface area contributed by atoms with Gasteiger partial charge < -0.3 is 15.2 Å². The summed E-state index contributed by atoms with van der Waals surface area (Å²) in [4.78, 5) is 29.7. The third kappa shape index (κ3) is 3.86. The Labute approximate surface area is 172 Å². The lowest BCUT2D eigenvalue weighted by atomic mass is 10.1. The normalized spacial score (nSPS) is 16.7. The van der Waals surface area contributed by atoms with Gasteiger partial charge in [0.1, 0.15) is 0 Å². The number of nitrogens with zero attached hydrogens (tertiary/aromatic N) is 1. The van der Waals surface area contributed by atoms with Gasteiger partial charge in [-0.1, -0.05) is 47.5 Å². The number of hydrogen-bond donors (Lipinski definition) is 2. The summed E-state index contributed by atoms with van der Waals surface area (Å²) >= 11 is 12.3. The van der Waals surface area contributed by atoms with Crippen LogP contribution in [0.1, 0.15) is 17.5 Å². The van der Waals surface area contributed by atoms with E-state index in [4.69, 9.17) is 23.2 Å². The largest absolute Gasteiger partial charge is 0.360 e. The number of aromatic nitrogens is 1. The van der Waals surface area contributed by atoms with E-state index in [-0.39, 0.29) is 24.2 Å². The van der Waals surface area contributed by atoms with Gasteiger partial charge in [0, 0.05) is 48.2 Å². The molecule has 0 bridgehead atoms. The second-order valence-electron chi connectivity index (χ2n) is 7.00. The minimum absolute atomic E-state index is 0.0272. The number of nitrogens with one attached hydrogen (secondary N) is 2. The molecular formula is C21H19Cl2N3O2. The second kappa shape index (κ2) is 7.86. The Bertz CT molecular complexity index is 1050. The number of H-pyrrole nitrogens is 1. The van der Waals surface area contributed by atoms with Crippen LogP contribution in [0.15, 0.2) is 48.7 Å². The van der Waals surface area contributed by atoms with E-state index < -0.39 is 0 Å². The highest BCUT2D eigenvalue weighted by atomic mass is 35.5. The Balaban J connectivity index is 1.36. The number of aromatic amines is 1. The molecule has 2 aromatic carbocycles. The molecule has 0 saturated carbocycles. The predicted octanol–water partition coefficient (Wildman–Crippen LogP) is 4.14. The molecule has 5 nitrogen and oxygen atoms in total. The maximum absolute atomic E-state index is 12.6.